The molecule has 0 radical (unpaired) electrons. The topological polar surface area (TPSA) is 94.7 Å². The Kier molecular flexibility index (Phi) is 3.88. The zero-order chi connectivity index (χ0) is 16.4. The van der Waals surface area contributed by atoms with Crippen LogP contribution < -0.4 is 10.9 Å². The van der Waals surface area contributed by atoms with Crippen molar-refractivity contribution in [2.45, 2.75) is 26.9 Å². The van der Waals surface area contributed by atoms with Crippen LogP contribution in [0.15, 0.2) is 35.1 Å². The Morgan fingerprint density at radius 2 is 1.96 bits per heavy atom. The molecule has 0 saturated carbocycles. The van der Waals surface area contributed by atoms with Gasteiger partial charge in [-0.1, -0.05) is 23.4 Å². The van der Waals surface area contributed by atoms with Crippen molar-refractivity contribution in [2.24, 2.45) is 0 Å². The van der Waals surface area contributed by atoms with Crippen molar-refractivity contribution >= 4 is 22.6 Å². The third-order valence-corrected chi connectivity index (χ3v) is 3.44. The summed E-state index contributed by atoms with van der Waals surface area (Å²) in [4.78, 5) is 24.6. The number of hydrogen-bond acceptors (Lipinski definition) is 5. The van der Waals surface area contributed by atoms with E-state index >= 15 is 0 Å². The standard InChI is InChI=1S/C15H16N6O2/c1-3-20-14-13(10(2)18-20)17-19-21(15(14)23)9-12(22)16-11-7-5-4-6-8-11/h4-8H,3,9H2,1-2H3,(H,16,22). The average molecular weight is 312 g/mol. The van der Waals surface area contributed by atoms with Gasteiger partial charge in [0.15, 0.2) is 5.52 Å². The van der Waals surface area contributed by atoms with E-state index in [-0.39, 0.29) is 18.0 Å². The van der Waals surface area contributed by atoms with Crippen molar-refractivity contribution in [3.8, 4) is 0 Å². The number of para-hydroxylation sites is 1. The Balaban J connectivity index is 1.90. The molecule has 1 amide bonds. The Bertz CT molecular complexity index is 913. The summed E-state index contributed by atoms with van der Waals surface area (Å²) < 4.78 is 2.63. The summed E-state index contributed by atoms with van der Waals surface area (Å²) in [7, 11) is 0. The van der Waals surface area contributed by atoms with E-state index in [2.05, 4.69) is 20.7 Å². The van der Waals surface area contributed by atoms with Crippen LogP contribution in [0.3, 0.4) is 0 Å². The molecule has 0 fully saturated rings. The molecule has 0 bridgehead atoms. The van der Waals surface area contributed by atoms with Crippen molar-refractivity contribution in [3.05, 3.63) is 46.4 Å². The molecule has 118 valence electrons. The summed E-state index contributed by atoms with van der Waals surface area (Å²) in [5.74, 6) is -0.341. The average Bonchev–Trinajstić information content (AvgIpc) is 2.88. The molecule has 0 saturated heterocycles. The highest BCUT2D eigenvalue weighted by molar-refractivity contribution is 5.90. The molecule has 0 aliphatic carbocycles. The van der Waals surface area contributed by atoms with Gasteiger partial charge in [0.1, 0.15) is 12.1 Å². The maximum Gasteiger partial charge on any atom is 0.296 e. The number of carbonyl (C=O) groups is 1. The number of fused-ring (bicyclic) bond motifs is 1. The van der Waals surface area contributed by atoms with Gasteiger partial charge in [-0.25, -0.2) is 0 Å². The van der Waals surface area contributed by atoms with E-state index in [4.69, 9.17) is 0 Å². The van der Waals surface area contributed by atoms with Gasteiger partial charge in [-0.15, -0.1) is 5.10 Å². The number of hydrogen-bond donors (Lipinski definition) is 1. The number of nitrogens with one attached hydrogen (secondary N) is 1. The lowest BCUT2D eigenvalue weighted by atomic mass is 10.3. The zero-order valence-electron chi connectivity index (χ0n) is 12.9. The molecule has 3 aromatic rings. The summed E-state index contributed by atoms with van der Waals surface area (Å²) >= 11 is 0. The number of nitrogens with zero attached hydrogens (tertiary/aromatic N) is 5. The number of carbonyl (C=O) groups excluding carboxylic acids is 1. The first-order valence-electron chi connectivity index (χ1n) is 7.26. The summed E-state index contributed by atoms with van der Waals surface area (Å²) in [6, 6.07) is 9.02. The Labute approximate surface area is 131 Å². The molecule has 1 aromatic carbocycles. The molecule has 2 aromatic heterocycles. The third-order valence-electron chi connectivity index (χ3n) is 3.44. The van der Waals surface area contributed by atoms with Crippen LogP contribution in [0.25, 0.3) is 11.0 Å². The molecule has 8 nitrogen and oxygen atoms in total. The highest BCUT2D eigenvalue weighted by Crippen LogP contribution is 2.10. The summed E-state index contributed by atoms with van der Waals surface area (Å²) in [5.41, 5.74) is 1.77. The van der Waals surface area contributed by atoms with Crippen molar-refractivity contribution in [3.63, 3.8) is 0 Å². The SMILES string of the molecule is CCn1nc(C)c2nnn(CC(=O)Nc3ccccc3)c(=O)c21. The summed E-state index contributed by atoms with van der Waals surface area (Å²) in [6.45, 7) is 4.00. The van der Waals surface area contributed by atoms with Crippen LogP contribution >= 0.6 is 0 Å². The van der Waals surface area contributed by atoms with Crippen LogP contribution in [-0.2, 0) is 17.9 Å². The second-order valence-corrected chi connectivity index (χ2v) is 5.06. The molecule has 1 N–H and O–H groups in total. The third kappa shape index (κ3) is 2.83. The molecule has 8 heteroatoms. The fraction of sp³-hybridized carbons (Fsp3) is 0.267. The molecular formula is C15H16N6O2. The van der Waals surface area contributed by atoms with Crippen LogP contribution in [0.5, 0.6) is 0 Å². The predicted octanol–water partition coefficient (Wildman–Crippen LogP) is 0.955. The van der Waals surface area contributed by atoms with Crippen LogP contribution in [0.2, 0.25) is 0 Å². The van der Waals surface area contributed by atoms with Gasteiger partial charge in [-0.3, -0.25) is 14.3 Å². The van der Waals surface area contributed by atoms with Gasteiger partial charge < -0.3 is 5.32 Å². The van der Waals surface area contributed by atoms with E-state index in [1.54, 1.807) is 23.7 Å². The van der Waals surface area contributed by atoms with Crippen LogP contribution in [0.4, 0.5) is 5.69 Å². The first kappa shape index (κ1) is 14.9. The maximum atomic E-state index is 12.5. The largest absolute Gasteiger partial charge is 0.324 e. The number of rotatable bonds is 4. The Hall–Kier alpha value is -3.03. The van der Waals surface area contributed by atoms with E-state index in [9.17, 15) is 9.59 Å². The quantitative estimate of drug-likeness (QED) is 0.774. The minimum absolute atomic E-state index is 0.204. The van der Waals surface area contributed by atoms with Gasteiger partial charge in [-0.05, 0) is 26.0 Å². The molecule has 0 unspecified atom stereocenters. The van der Waals surface area contributed by atoms with E-state index in [0.29, 0.717) is 29.0 Å². The number of aromatic nitrogens is 5. The van der Waals surface area contributed by atoms with Crippen LogP contribution in [0, 0.1) is 6.92 Å². The lowest BCUT2D eigenvalue weighted by Gasteiger charge is -2.06. The molecular weight excluding hydrogens is 296 g/mol. The van der Waals surface area contributed by atoms with Crippen molar-refractivity contribution < 1.29 is 4.79 Å². The highest BCUT2D eigenvalue weighted by atomic mass is 16.2. The number of benzene rings is 1. The molecule has 0 aliphatic heterocycles. The van der Waals surface area contributed by atoms with E-state index in [1.165, 1.54) is 0 Å². The smallest absolute Gasteiger partial charge is 0.296 e. The molecule has 0 spiro atoms. The summed E-state index contributed by atoms with van der Waals surface area (Å²) in [6.07, 6.45) is 0. The Morgan fingerprint density at radius 1 is 1.22 bits per heavy atom. The van der Waals surface area contributed by atoms with Gasteiger partial charge in [0.25, 0.3) is 5.56 Å². The highest BCUT2D eigenvalue weighted by Gasteiger charge is 2.16. The van der Waals surface area contributed by atoms with Gasteiger partial charge in [0.05, 0.1) is 5.69 Å². The first-order valence-corrected chi connectivity index (χ1v) is 7.26. The van der Waals surface area contributed by atoms with E-state index in [0.717, 1.165) is 4.68 Å². The second-order valence-electron chi connectivity index (χ2n) is 5.06. The number of aryl methyl sites for hydroxylation is 2. The van der Waals surface area contributed by atoms with E-state index in [1.807, 2.05) is 25.1 Å². The number of anilines is 1. The summed E-state index contributed by atoms with van der Waals surface area (Å²) in [5, 5.41) is 14.8. The lowest BCUT2D eigenvalue weighted by molar-refractivity contribution is -0.117. The van der Waals surface area contributed by atoms with Gasteiger partial charge in [-0.2, -0.15) is 9.78 Å². The second kappa shape index (κ2) is 5.99. The number of amides is 1. The fourth-order valence-electron chi connectivity index (χ4n) is 2.36. The minimum atomic E-state index is -0.374. The van der Waals surface area contributed by atoms with Gasteiger partial charge >= 0.3 is 0 Å². The van der Waals surface area contributed by atoms with Crippen molar-refractivity contribution in [1.29, 1.82) is 0 Å². The Morgan fingerprint density at radius 3 is 2.65 bits per heavy atom. The molecule has 3 rings (SSSR count). The fourth-order valence-corrected chi connectivity index (χ4v) is 2.36. The van der Waals surface area contributed by atoms with Crippen molar-refractivity contribution in [2.75, 3.05) is 5.32 Å². The van der Waals surface area contributed by atoms with Crippen LogP contribution in [0.1, 0.15) is 12.6 Å². The minimum Gasteiger partial charge on any atom is -0.324 e. The van der Waals surface area contributed by atoms with E-state index < -0.39 is 0 Å². The predicted molar refractivity (Wildman–Crippen MR) is 85.1 cm³/mol. The zero-order valence-corrected chi connectivity index (χ0v) is 12.9. The van der Waals surface area contributed by atoms with Gasteiger partial charge in [0.2, 0.25) is 5.91 Å². The lowest BCUT2D eigenvalue weighted by Crippen LogP contribution is -2.31. The first-order chi connectivity index (χ1) is 11.1. The molecule has 0 atom stereocenters. The molecule has 0 aliphatic rings. The monoisotopic (exact) mass is 312 g/mol. The van der Waals surface area contributed by atoms with Crippen molar-refractivity contribution in [1.82, 2.24) is 24.8 Å². The molecule has 23 heavy (non-hydrogen) atoms. The maximum absolute atomic E-state index is 12.5. The van der Waals surface area contributed by atoms with Gasteiger partial charge in [0, 0.05) is 12.2 Å². The van der Waals surface area contributed by atoms with Crippen LogP contribution in [-0.4, -0.2) is 30.7 Å². The normalized spacial score (nSPS) is 10.9. The molecule has 2 heterocycles.